The summed E-state index contributed by atoms with van der Waals surface area (Å²) in [5, 5.41) is 11.2. The summed E-state index contributed by atoms with van der Waals surface area (Å²) in [6.07, 6.45) is 7.31. The highest BCUT2D eigenvalue weighted by Crippen LogP contribution is 2.41. The topological polar surface area (TPSA) is 108 Å². The number of benzene rings is 1. The van der Waals surface area contributed by atoms with Gasteiger partial charge in [0.15, 0.2) is 0 Å². The molecule has 5 heterocycles. The first kappa shape index (κ1) is 26.9. The number of aromatic nitrogens is 5. The lowest BCUT2D eigenvalue weighted by molar-refractivity contribution is -0.106. The molecule has 2 bridgehead atoms. The summed E-state index contributed by atoms with van der Waals surface area (Å²) in [6, 6.07) is 9.98. The molecule has 0 unspecified atom stereocenters. The van der Waals surface area contributed by atoms with Crippen LogP contribution in [0.1, 0.15) is 55.1 Å². The number of anilines is 2. The summed E-state index contributed by atoms with van der Waals surface area (Å²) < 4.78 is 15.7. The van der Waals surface area contributed by atoms with Gasteiger partial charge < -0.3 is 19.4 Å². The normalized spacial score (nSPS) is 20.4. The predicted molar refractivity (Wildman–Crippen MR) is 162 cm³/mol. The van der Waals surface area contributed by atoms with Crippen molar-refractivity contribution in [3.05, 3.63) is 47.8 Å². The number of fused-ring (bicyclic) bond motifs is 7. The SMILES string of the molecule is CCC1(CNc2ccc3c(c2)nc2n3C[C@H](C3CC3)CCCOc3c(cnn3C)-c3cc(cc(C)n3)C(=O)N2)COC1. The van der Waals surface area contributed by atoms with E-state index in [1.165, 1.54) is 12.8 Å². The van der Waals surface area contributed by atoms with Crippen LogP contribution in [-0.4, -0.2) is 56.6 Å². The van der Waals surface area contributed by atoms with Gasteiger partial charge in [-0.15, -0.1) is 0 Å². The largest absolute Gasteiger partial charge is 0.477 e. The van der Waals surface area contributed by atoms with E-state index in [9.17, 15) is 4.79 Å². The summed E-state index contributed by atoms with van der Waals surface area (Å²) in [7, 11) is 1.87. The third-order valence-corrected chi connectivity index (χ3v) is 9.25. The highest BCUT2D eigenvalue weighted by atomic mass is 16.5. The third-order valence-electron chi connectivity index (χ3n) is 9.25. The second-order valence-electron chi connectivity index (χ2n) is 12.4. The van der Waals surface area contributed by atoms with Gasteiger partial charge in [0.05, 0.1) is 48.3 Å². The van der Waals surface area contributed by atoms with Crippen molar-refractivity contribution in [2.24, 2.45) is 24.3 Å². The minimum absolute atomic E-state index is 0.204. The molecular formula is C32H39N7O3. The third kappa shape index (κ3) is 5.12. The van der Waals surface area contributed by atoms with Crippen molar-refractivity contribution in [3.8, 4) is 17.1 Å². The molecule has 4 aromatic rings. The van der Waals surface area contributed by atoms with Crippen LogP contribution in [0.3, 0.4) is 0 Å². The molecule has 1 saturated carbocycles. The number of rotatable bonds is 5. The Morgan fingerprint density at radius 1 is 1.12 bits per heavy atom. The molecule has 220 valence electrons. The molecule has 2 aliphatic heterocycles. The number of ether oxygens (including phenoxy) is 2. The Morgan fingerprint density at radius 2 is 1.98 bits per heavy atom. The van der Waals surface area contributed by atoms with Gasteiger partial charge in [0.1, 0.15) is 0 Å². The maximum atomic E-state index is 13.7. The molecule has 1 saturated heterocycles. The van der Waals surface area contributed by atoms with Crippen LogP contribution < -0.4 is 15.4 Å². The molecule has 0 spiro atoms. The highest BCUT2D eigenvalue weighted by molar-refractivity contribution is 6.05. The van der Waals surface area contributed by atoms with Gasteiger partial charge in [-0.05, 0) is 81.2 Å². The molecule has 3 aliphatic rings. The summed E-state index contributed by atoms with van der Waals surface area (Å²) >= 11 is 0. The second kappa shape index (κ2) is 10.7. The van der Waals surface area contributed by atoms with E-state index in [0.717, 1.165) is 73.5 Å². The number of imidazole rings is 1. The fourth-order valence-corrected chi connectivity index (χ4v) is 6.31. The van der Waals surface area contributed by atoms with E-state index < -0.39 is 0 Å². The van der Waals surface area contributed by atoms with Crippen LogP contribution in [0.15, 0.2) is 36.5 Å². The Bertz CT molecular complexity index is 1630. The molecule has 1 atom stereocenters. The van der Waals surface area contributed by atoms with Crippen LogP contribution in [0, 0.1) is 24.2 Å². The van der Waals surface area contributed by atoms with E-state index in [1.807, 2.05) is 26.1 Å². The fraction of sp³-hybridized carbons (Fsp3) is 0.500. The lowest BCUT2D eigenvalue weighted by Gasteiger charge is -2.41. The zero-order valence-electron chi connectivity index (χ0n) is 24.7. The van der Waals surface area contributed by atoms with Crippen molar-refractivity contribution in [1.82, 2.24) is 24.3 Å². The van der Waals surface area contributed by atoms with E-state index in [0.29, 0.717) is 41.5 Å². The Balaban J connectivity index is 1.26. The maximum Gasteiger partial charge on any atom is 0.258 e. The molecule has 2 N–H and O–H groups in total. The lowest BCUT2D eigenvalue weighted by Crippen LogP contribution is -2.47. The van der Waals surface area contributed by atoms with E-state index in [4.69, 9.17) is 19.4 Å². The summed E-state index contributed by atoms with van der Waals surface area (Å²) in [5.74, 6) is 2.21. The van der Waals surface area contributed by atoms with Gasteiger partial charge in [-0.3, -0.25) is 15.1 Å². The number of carbonyl (C=O) groups is 1. The first-order valence-electron chi connectivity index (χ1n) is 15.2. The van der Waals surface area contributed by atoms with Crippen molar-refractivity contribution in [1.29, 1.82) is 0 Å². The number of hydrogen-bond donors (Lipinski definition) is 2. The Labute approximate surface area is 245 Å². The number of nitrogens with one attached hydrogen (secondary N) is 2. The molecule has 1 aromatic carbocycles. The van der Waals surface area contributed by atoms with Gasteiger partial charge in [0.2, 0.25) is 11.8 Å². The van der Waals surface area contributed by atoms with E-state index in [1.54, 1.807) is 10.9 Å². The van der Waals surface area contributed by atoms with Gasteiger partial charge in [-0.1, -0.05) is 6.92 Å². The molecule has 2 fully saturated rings. The van der Waals surface area contributed by atoms with E-state index in [-0.39, 0.29) is 11.3 Å². The van der Waals surface area contributed by atoms with E-state index in [2.05, 4.69) is 45.4 Å². The van der Waals surface area contributed by atoms with Gasteiger partial charge in [-0.2, -0.15) is 5.10 Å². The number of hydrogen-bond acceptors (Lipinski definition) is 7. The zero-order valence-corrected chi connectivity index (χ0v) is 24.7. The van der Waals surface area contributed by atoms with Gasteiger partial charge >= 0.3 is 0 Å². The van der Waals surface area contributed by atoms with Gasteiger partial charge in [-0.25, -0.2) is 9.67 Å². The smallest absolute Gasteiger partial charge is 0.258 e. The summed E-state index contributed by atoms with van der Waals surface area (Å²) in [6.45, 7) is 7.99. The van der Waals surface area contributed by atoms with Crippen LogP contribution in [0.5, 0.6) is 5.88 Å². The Morgan fingerprint density at radius 3 is 2.74 bits per heavy atom. The number of aryl methyl sites for hydroxylation is 2. The molecule has 42 heavy (non-hydrogen) atoms. The van der Waals surface area contributed by atoms with Gasteiger partial charge in [0, 0.05) is 42.5 Å². The zero-order chi connectivity index (χ0) is 28.8. The number of nitrogens with zero attached hydrogens (tertiary/aromatic N) is 5. The minimum Gasteiger partial charge on any atom is -0.477 e. The molecule has 1 aliphatic carbocycles. The number of pyridine rings is 1. The predicted octanol–water partition coefficient (Wildman–Crippen LogP) is 5.43. The molecule has 10 nitrogen and oxygen atoms in total. The van der Waals surface area contributed by atoms with Crippen LogP contribution >= 0.6 is 0 Å². The first-order valence-corrected chi connectivity index (χ1v) is 15.2. The van der Waals surface area contributed by atoms with Crippen molar-refractivity contribution in [3.63, 3.8) is 0 Å². The number of amides is 1. The van der Waals surface area contributed by atoms with Crippen LogP contribution in [0.25, 0.3) is 22.3 Å². The molecule has 3 aromatic heterocycles. The van der Waals surface area contributed by atoms with Crippen molar-refractivity contribution < 1.29 is 14.3 Å². The molecule has 0 radical (unpaired) electrons. The van der Waals surface area contributed by atoms with Crippen LogP contribution in [0.2, 0.25) is 0 Å². The fourth-order valence-electron chi connectivity index (χ4n) is 6.31. The highest BCUT2D eigenvalue weighted by Gasteiger charge is 2.36. The van der Waals surface area contributed by atoms with Crippen molar-refractivity contribution in [2.75, 3.05) is 37.0 Å². The molecule has 10 heteroatoms. The average molecular weight is 570 g/mol. The summed E-state index contributed by atoms with van der Waals surface area (Å²) in [5.41, 5.74) is 5.86. The molecule has 7 rings (SSSR count). The molecule has 1 amide bonds. The van der Waals surface area contributed by atoms with Crippen LogP contribution in [0.4, 0.5) is 11.6 Å². The monoisotopic (exact) mass is 569 g/mol. The van der Waals surface area contributed by atoms with E-state index >= 15 is 0 Å². The minimum atomic E-state index is -0.212. The Kier molecular flexibility index (Phi) is 6.88. The average Bonchev–Trinajstić information content (AvgIpc) is 3.66. The number of carbonyl (C=O) groups excluding carboxylic acids is 1. The van der Waals surface area contributed by atoms with Crippen molar-refractivity contribution in [2.45, 2.75) is 52.5 Å². The van der Waals surface area contributed by atoms with Gasteiger partial charge in [0.25, 0.3) is 5.91 Å². The maximum absolute atomic E-state index is 13.7. The summed E-state index contributed by atoms with van der Waals surface area (Å²) in [4.78, 5) is 23.4. The van der Waals surface area contributed by atoms with Crippen LogP contribution in [-0.2, 0) is 18.3 Å². The standard InChI is InChI=1S/C32H39N7O3/c1-4-32(18-41-19-32)17-33-24-9-10-28-27(14-24)36-31-37-29(40)23-12-20(2)35-26(13-23)25-15-34-38(3)30(25)42-11-5-6-22(16-39(28)31)21-7-8-21/h9-10,12-15,21-22,33H,4-8,11,16-19H2,1-3H3,(H,36,37,40)/t22-/m1/s1. The lowest BCUT2D eigenvalue weighted by atomic mass is 9.83. The Hall–Kier alpha value is -3.92. The van der Waals surface area contributed by atoms with Crippen molar-refractivity contribution >= 4 is 28.6 Å². The second-order valence-corrected chi connectivity index (χ2v) is 12.4. The molecular weight excluding hydrogens is 530 g/mol. The quantitative estimate of drug-likeness (QED) is 0.330. The first-order chi connectivity index (χ1) is 20.4.